The van der Waals surface area contributed by atoms with Crippen LogP contribution in [0.2, 0.25) is 0 Å². The van der Waals surface area contributed by atoms with Crippen molar-refractivity contribution in [3.8, 4) is 0 Å². The lowest BCUT2D eigenvalue weighted by Gasteiger charge is -2.21. The summed E-state index contributed by atoms with van der Waals surface area (Å²) in [5, 5.41) is 13.6. The van der Waals surface area contributed by atoms with E-state index in [1.54, 1.807) is 6.92 Å². The van der Waals surface area contributed by atoms with Crippen LogP contribution < -0.4 is 16.2 Å². The van der Waals surface area contributed by atoms with Gasteiger partial charge in [0.15, 0.2) is 5.84 Å². The van der Waals surface area contributed by atoms with Crippen LogP contribution in [0, 0.1) is 5.92 Å². The molecule has 0 radical (unpaired) electrons. The molecular formula is C16H24N4O3. The summed E-state index contributed by atoms with van der Waals surface area (Å²) in [6, 6.07) is 3.45. The van der Waals surface area contributed by atoms with Crippen molar-refractivity contribution < 1.29 is 20.4 Å². The number of pyridine rings is 1. The minimum absolute atomic E-state index is 0.0138. The van der Waals surface area contributed by atoms with E-state index >= 15 is 0 Å². The Morgan fingerprint density at radius 1 is 1.35 bits per heavy atom. The Balaban J connectivity index is 0.000000593. The molecular weight excluding hydrogens is 296 g/mol. The number of carboxylic acids is 1. The first-order valence-corrected chi connectivity index (χ1v) is 7.50. The van der Waals surface area contributed by atoms with E-state index in [-0.39, 0.29) is 28.9 Å². The number of nitrogens with zero attached hydrogens (tertiary/aromatic N) is 2. The predicted octanol–water partition coefficient (Wildman–Crippen LogP) is -0.627. The molecule has 1 atom stereocenters. The summed E-state index contributed by atoms with van der Waals surface area (Å²) in [5.74, 6) is -1.44. The van der Waals surface area contributed by atoms with Gasteiger partial charge in [-0.25, -0.2) is 4.99 Å². The largest absolute Gasteiger partial charge is 0.545 e. The molecule has 1 aromatic heterocycles. The number of aliphatic imine (C=N–C) groups is 1. The van der Waals surface area contributed by atoms with E-state index in [2.05, 4.69) is 34.9 Å². The summed E-state index contributed by atoms with van der Waals surface area (Å²) in [6.45, 7) is 9.58. The van der Waals surface area contributed by atoms with Crippen LogP contribution in [0.25, 0.3) is 0 Å². The topological polar surface area (TPSA) is 122 Å². The molecule has 1 aliphatic heterocycles. The summed E-state index contributed by atoms with van der Waals surface area (Å²) < 4.78 is 0. The number of amides is 1. The predicted molar refractivity (Wildman–Crippen MR) is 84.5 cm³/mol. The summed E-state index contributed by atoms with van der Waals surface area (Å²) in [7, 11) is 0. The number of rotatable bonds is 3. The van der Waals surface area contributed by atoms with Crippen molar-refractivity contribution >= 4 is 17.7 Å². The van der Waals surface area contributed by atoms with Crippen LogP contribution in [0.15, 0.2) is 23.3 Å². The lowest BCUT2D eigenvalue weighted by molar-refractivity contribution is -0.407. The molecule has 1 aromatic rings. The fourth-order valence-electron chi connectivity index (χ4n) is 1.81. The van der Waals surface area contributed by atoms with Gasteiger partial charge in [0.25, 0.3) is 5.91 Å². The van der Waals surface area contributed by atoms with Crippen molar-refractivity contribution in [1.29, 1.82) is 0 Å². The molecule has 0 saturated carbocycles. The zero-order chi connectivity index (χ0) is 17.8. The Kier molecular flexibility index (Phi) is 5.98. The monoisotopic (exact) mass is 320 g/mol. The molecule has 0 fully saturated rings. The Morgan fingerprint density at radius 2 is 1.91 bits per heavy atom. The maximum absolute atomic E-state index is 12.0. The highest BCUT2D eigenvalue weighted by atomic mass is 16.4. The van der Waals surface area contributed by atoms with Crippen LogP contribution in [0.1, 0.15) is 50.7 Å². The number of aromatic carboxylic acids is 1. The van der Waals surface area contributed by atoms with Crippen molar-refractivity contribution in [2.24, 2.45) is 10.9 Å². The maximum atomic E-state index is 12.0. The second-order valence-corrected chi connectivity index (χ2v) is 6.30. The van der Waals surface area contributed by atoms with E-state index in [1.807, 2.05) is 13.8 Å². The zero-order valence-corrected chi connectivity index (χ0v) is 14.2. The molecule has 7 nitrogen and oxygen atoms in total. The number of carbonyl (C=O) groups excluding carboxylic acids is 2. The van der Waals surface area contributed by atoms with Crippen molar-refractivity contribution in [3.05, 3.63) is 29.6 Å². The van der Waals surface area contributed by atoms with Gasteiger partial charge in [-0.1, -0.05) is 13.8 Å². The van der Waals surface area contributed by atoms with Gasteiger partial charge in [0.05, 0.1) is 12.0 Å². The van der Waals surface area contributed by atoms with Crippen LogP contribution in [-0.2, 0) is 4.79 Å². The van der Waals surface area contributed by atoms with Crippen molar-refractivity contribution in [1.82, 2.24) is 10.3 Å². The van der Waals surface area contributed by atoms with E-state index < -0.39 is 11.5 Å². The number of carboxylic acid groups (broad SMARTS) is 1. The van der Waals surface area contributed by atoms with Gasteiger partial charge in [-0.2, -0.15) is 0 Å². The minimum Gasteiger partial charge on any atom is -0.545 e. The van der Waals surface area contributed by atoms with E-state index in [1.165, 1.54) is 18.3 Å². The molecule has 23 heavy (non-hydrogen) atoms. The van der Waals surface area contributed by atoms with Gasteiger partial charge in [-0.3, -0.25) is 9.78 Å². The van der Waals surface area contributed by atoms with E-state index in [4.69, 9.17) is 0 Å². The second kappa shape index (κ2) is 7.32. The first-order chi connectivity index (χ1) is 10.6. The lowest BCUT2D eigenvalue weighted by atomic mass is 9.89. The molecule has 0 unspecified atom stereocenters. The average Bonchev–Trinajstić information content (AvgIpc) is 2.75. The highest BCUT2D eigenvalue weighted by molar-refractivity contribution is 6.17. The zero-order valence-electron chi connectivity index (χ0n) is 14.2. The normalized spacial score (nSPS) is 20.0. The van der Waals surface area contributed by atoms with Crippen molar-refractivity contribution in [3.63, 3.8) is 0 Å². The first kappa shape index (κ1) is 18.8. The highest BCUT2D eigenvalue weighted by Gasteiger charge is 2.42. The van der Waals surface area contributed by atoms with Crippen molar-refractivity contribution in [2.45, 2.75) is 46.2 Å². The van der Waals surface area contributed by atoms with Crippen LogP contribution in [-0.4, -0.2) is 34.3 Å². The molecule has 2 rings (SSSR count). The smallest absolute Gasteiger partial charge is 0.253 e. The van der Waals surface area contributed by atoms with E-state index in [0.29, 0.717) is 6.04 Å². The third kappa shape index (κ3) is 4.35. The fraction of sp³-hybridized carbons (Fsp3) is 0.500. The number of quaternary nitrogens is 1. The SMILES string of the molecule is CC(C)[C@]1(C)N=C(c2ncccc2C(=O)[O-])NC1=O.CC(C)[NH3+]. The quantitative estimate of drug-likeness (QED) is 0.770. The van der Waals surface area contributed by atoms with Gasteiger partial charge >= 0.3 is 0 Å². The number of amidine groups is 1. The molecule has 0 bridgehead atoms. The number of aromatic nitrogens is 1. The first-order valence-electron chi connectivity index (χ1n) is 7.50. The maximum Gasteiger partial charge on any atom is 0.253 e. The van der Waals surface area contributed by atoms with Crippen molar-refractivity contribution in [2.75, 3.05) is 0 Å². The average molecular weight is 320 g/mol. The molecule has 4 N–H and O–H groups in total. The summed E-state index contributed by atoms with van der Waals surface area (Å²) >= 11 is 0. The number of nitrogens with one attached hydrogen (secondary N) is 1. The van der Waals surface area contributed by atoms with E-state index in [0.717, 1.165) is 0 Å². The molecule has 0 aromatic carbocycles. The van der Waals surface area contributed by atoms with Gasteiger partial charge in [-0.15, -0.1) is 0 Å². The molecule has 0 saturated heterocycles. The van der Waals surface area contributed by atoms with Crippen LogP contribution in [0.4, 0.5) is 0 Å². The molecule has 0 aliphatic carbocycles. The van der Waals surface area contributed by atoms with Gasteiger partial charge < -0.3 is 21.0 Å². The third-order valence-electron chi connectivity index (χ3n) is 3.41. The van der Waals surface area contributed by atoms with Gasteiger partial charge in [0.1, 0.15) is 11.2 Å². The molecule has 7 heteroatoms. The van der Waals surface area contributed by atoms with Crippen LogP contribution in [0.5, 0.6) is 0 Å². The third-order valence-corrected chi connectivity index (χ3v) is 3.41. The number of hydrogen-bond acceptors (Lipinski definition) is 5. The summed E-state index contributed by atoms with van der Waals surface area (Å²) in [4.78, 5) is 31.3. The Morgan fingerprint density at radius 3 is 2.35 bits per heavy atom. The summed E-state index contributed by atoms with van der Waals surface area (Å²) in [5.41, 5.74) is 2.77. The van der Waals surface area contributed by atoms with Crippen LogP contribution >= 0.6 is 0 Å². The molecule has 2 heterocycles. The van der Waals surface area contributed by atoms with Gasteiger partial charge in [0.2, 0.25) is 0 Å². The Bertz CT molecular complexity index is 623. The number of hydrogen-bond donors (Lipinski definition) is 2. The van der Waals surface area contributed by atoms with E-state index in [9.17, 15) is 14.7 Å². The molecule has 0 spiro atoms. The Hall–Kier alpha value is -2.28. The molecule has 1 aliphatic rings. The second-order valence-electron chi connectivity index (χ2n) is 6.30. The van der Waals surface area contributed by atoms with Crippen LogP contribution in [0.3, 0.4) is 0 Å². The highest BCUT2D eigenvalue weighted by Crippen LogP contribution is 2.26. The Labute approximate surface area is 136 Å². The lowest BCUT2D eigenvalue weighted by Crippen LogP contribution is -2.57. The van der Waals surface area contributed by atoms with Gasteiger partial charge in [-0.05, 0) is 38.8 Å². The molecule has 126 valence electrons. The minimum atomic E-state index is -1.35. The molecule has 1 amide bonds. The standard InChI is InChI=1S/C13H15N3O3.C3H9N/c1-7(2)13(3)12(19)15-10(16-13)9-8(11(17)18)5-4-6-14-9;1-3(2)4/h4-7H,1-3H3,(H,17,18)(H,15,16,19);3H,4H2,1-2H3/t13-;/m0./s1. The van der Waals surface area contributed by atoms with Gasteiger partial charge in [0, 0.05) is 11.8 Å². The summed E-state index contributed by atoms with van der Waals surface area (Å²) in [6.07, 6.45) is 1.45. The fourth-order valence-corrected chi connectivity index (χ4v) is 1.81. The number of carbonyl (C=O) groups is 2.